The second-order valence-electron chi connectivity index (χ2n) is 3.61. The van der Waals surface area contributed by atoms with Crippen molar-refractivity contribution in [3.63, 3.8) is 0 Å². The minimum atomic E-state index is -1.47. The maximum atomic E-state index is 11.0. The zero-order chi connectivity index (χ0) is 10.8. The Balaban J connectivity index is 2.54. The van der Waals surface area contributed by atoms with Gasteiger partial charge in [-0.2, -0.15) is 5.90 Å². The molecule has 0 bridgehead atoms. The van der Waals surface area contributed by atoms with E-state index in [1.54, 1.807) is 0 Å². The van der Waals surface area contributed by atoms with E-state index in [4.69, 9.17) is 11.6 Å². The maximum absolute atomic E-state index is 11.0. The number of aliphatic hydroxyl groups is 1. The average molecular weight is 202 g/mol. The van der Waals surface area contributed by atoms with Crippen molar-refractivity contribution in [2.75, 3.05) is 0 Å². The number of carbonyl (C=O) groups is 2. The normalized spacial score (nSPS) is 32.3. The Hall–Kier alpha value is -1.14. The van der Waals surface area contributed by atoms with Gasteiger partial charge in [0, 0.05) is 0 Å². The zero-order valence-electron chi connectivity index (χ0n) is 7.73. The lowest BCUT2D eigenvalue weighted by molar-refractivity contribution is -0.155. The van der Waals surface area contributed by atoms with Crippen molar-refractivity contribution in [3.8, 4) is 0 Å². The lowest BCUT2D eigenvalue weighted by Crippen LogP contribution is -2.47. The van der Waals surface area contributed by atoms with Crippen LogP contribution in [0.25, 0.3) is 0 Å². The van der Waals surface area contributed by atoms with Gasteiger partial charge in [0.1, 0.15) is 5.60 Å². The van der Waals surface area contributed by atoms with Gasteiger partial charge in [-0.1, -0.05) is 0 Å². The Labute approximate surface area is 81.2 Å². The lowest BCUT2D eigenvalue weighted by atomic mass is 9.78. The molecule has 5 N–H and O–H groups in total. The summed E-state index contributed by atoms with van der Waals surface area (Å²) in [5, 5.41) is 9.66. The maximum Gasteiger partial charge on any atom is 0.327 e. The van der Waals surface area contributed by atoms with Crippen LogP contribution in [0.15, 0.2) is 0 Å². The van der Waals surface area contributed by atoms with Crippen LogP contribution in [0.1, 0.15) is 25.7 Å². The molecule has 0 radical (unpaired) electrons. The molecule has 0 aromatic heterocycles. The van der Waals surface area contributed by atoms with Gasteiger partial charge in [0.2, 0.25) is 5.91 Å². The Morgan fingerprint density at radius 2 is 1.86 bits per heavy atom. The Morgan fingerprint density at radius 3 is 2.21 bits per heavy atom. The fourth-order valence-electron chi connectivity index (χ4n) is 1.67. The molecule has 0 atom stereocenters. The van der Waals surface area contributed by atoms with Gasteiger partial charge in [0.05, 0.1) is 5.92 Å². The fraction of sp³-hybridized carbons (Fsp3) is 0.750. The molecule has 6 nitrogen and oxygen atoms in total. The van der Waals surface area contributed by atoms with Crippen molar-refractivity contribution in [1.82, 2.24) is 0 Å². The summed E-state index contributed by atoms with van der Waals surface area (Å²) in [4.78, 5) is 25.9. The number of hydrogen-bond acceptors (Lipinski definition) is 5. The molecule has 1 fully saturated rings. The van der Waals surface area contributed by atoms with E-state index in [1.807, 2.05) is 0 Å². The standard InChI is InChI=1S/C8H14N2O4/c9-7(12)8(13)3-1-5(2-4-8)6(11)14-10/h5,13H,1-4,10H2,(H2,9,12). The highest BCUT2D eigenvalue weighted by molar-refractivity contribution is 5.83. The molecular weight excluding hydrogens is 188 g/mol. The SMILES string of the molecule is NOC(=O)C1CCC(O)(C(N)=O)CC1. The van der Waals surface area contributed by atoms with Crippen LogP contribution in [0.5, 0.6) is 0 Å². The first-order valence-electron chi connectivity index (χ1n) is 4.42. The molecule has 1 amide bonds. The van der Waals surface area contributed by atoms with E-state index in [-0.39, 0.29) is 18.8 Å². The predicted octanol–water partition coefficient (Wildman–Crippen LogP) is -1.19. The fourth-order valence-corrected chi connectivity index (χ4v) is 1.67. The van der Waals surface area contributed by atoms with Crippen LogP contribution in [0.3, 0.4) is 0 Å². The minimum Gasteiger partial charge on any atom is -0.380 e. The first-order valence-corrected chi connectivity index (χ1v) is 4.42. The first-order chi connectivity index (χ1) is 6.49. The third-order valence-electron chi connectivity index (χ3n) is 2.72. The summed E-state index contributed by atoms with van der Waals surface area (Å²) in [6.45, 7) is 0. The molecule has 1 aliphatic carbocycles. The van der Waals surface area contributed by atoms with E-state index in [2.05, 4.69) is 4.84 Å². The summed E-state index contributed by atoms with van der Waals surface area (Å²) in [5.74, 6) is 3.15. The summed E-state index contributed by atoms with van der Waals surface area (Å²) in [6, 6.07) is 0. The van der Waals surface area contributed by atoms with Crippen LogP contribution in [-0.4, -0.2) is 22.6 Å². The summed E-state index contributed by atoms with van der Waals surface area (Å²) in [5.41, 5.74) is 3.56. The number of hydrogen-bond donors (Lipinski definition) is 3. The van der Waals surface area contributed by atoms with Gasteiger partial charge >= 0.3 is 5.97 Å². The molecule has 0 aromatic rings. The van der Waals surface area contributed by atoms with Crippen molar-refractivity contribution in [1.29, 1.82) is 0 Å². The molecule has 0 aromatic carbocycles. The summed E-state index contributed by atoms with van der Waals surface area (Å²) >= 11 is 0. The highest BCUT2D eigenvalue weighted by Gasteiger charge is 2.40. The van der Waals surface area contributed by atoms with Crippen LogP contribution < -0.4 is 11.6 Å². The Kier molecular flexibility index (Phi) is 3.07. The summed E-state index contributed by atoms with van der Waals surface area (Å²) < 4.78 is 0. The van der Waals surface area contributed by atoms with Gasteiger partial charge in [-0.3, -0.25) is 9.59 Å². The molecule has 6 heteroatoms. The molecule has 1 rings (SSSR count). The number of rotatable bonds is 2. The molecule has 0 saturated heterocycles. The van der Waals surface area contributed by atoms with E-state index < -0.39 is 17.5 Å². The number of primary amides is 1. The highest BCUT2D eigenvalue weighted by Crippen LogP contribution is 2.32. The molecule has 0 spiro atoms. The van der Waals surface area contributed by atoms with E-state index in [0.717, 1.165) is 0 Å². The van der Waals surface area contributed by atoms with Crippen molar-refractivity contribution in [3.05, 3.63) is 0 Å². The van der Waals surface area contributed by atoms with Crippen molar-refractivity contribution >= 4 is 11.9 Å². The molecule has 0 aliphatic heterocycles. The molecule has 0 unspecified atom stereocenters. The highest BCUT2D eigenvalue weighted by atomic mass is 16.7. The largest absolute Gasteiger partial charge is 0.380 e. The van der Waals surface area contributed by atoms with Crippen LogP contribution in [0.4, 0.5) is 0 Å². The Bertz CT molecular complexity index is 246. The van der Waals surface area contributed by atoms with Gasteiger partial charge in [-0.05, 0) is 25.7 Å². The molecule has 14 heavy (non-hydrogen) atoms. The molecule has 1 aliphatic rings. The third kappa shape index (κ3) is 2.02. The summed E-state index contributed by atoms with van der Waals surface area (Å²) in [7, 11) is 0. The summed E-state index contributed by atoms with van der Waals surface area (Å²) in [6.07, 6.45) is 1.11. The molecule has 80 valence electrons. The second-order valence-corrected chi connectivity index (χ2v) is 3.61. The van der Waals surface area contributed by atoms with E-state index >= 15 is 0 Å². The number of carbonyl (C=O) groups excluding carboxylic acids is 2. The van der Waals surface area contributed by atoms with E-state index in [1.165, 1.54) is 0 Å². The zero-order valence-corrected chi connectivity index (χ0v) is 7.73. The van der Waals surface area contributed by atoms with Gasteiger partial charge in [0.25, 0.3) is 0 Å². The molecule has 0 heterocycles. The minimum absolute atomic E-state index is 0.183. The van der Waals surface area contributed by atoms with Gasteiger partial charge < -0.3 is 15.7 Å². The lowest BCUT2D eigenvalue weighted by Gasteiger charge is -2.31. The van der Waals surface area contributed by atoms with Crippen molar-refractivity contribution in [2.24, 2.45) is 17.5 Å². The predicted molar refractivity (Wildman–Crippen MR) is 46.4 cm³/mol. The van der Waals surface area contributed by atoms with Crippen molar-refractivity contribution in [2.45, 2.75) is 31.3 Å². The van der Waals surface area contributed by atoms with Crippen molar-refractivity contribution < 1.29 is 19.5 Å². The van der Waals surface area contributed by atoms with Crippen LogP contribution in [-0.2, 0) is 14.4 Å². The van der Waals surface area contributed by atoms with Gasteiger partial charge in [-0.25, -0.2) is 0 Å². The third-order valence-corrected chi connectivity index (χ3v) is 2.72. The van der Waals surface area contributed by atoms with Crippen LogP contribution in [0.2, 0.25) is 0 Å². The topological polar surface area (TPSA) is 116 Å². The quantitative estimate of drug-likeness (QED) is 0.487. The van der Waals surface area contributed by atoms with E-state index in [0.29, 0.717) is 12.8 Å². The number of amides is 1. The Morgan fingerprint density at radius 1 is 1.36 bits per heavy atom. The average Bonchev–Trinajstić information content (AvgIpc) is 2.17. The van der Waals surface area contributed by atoms with Gasteiger partial charge in [0.15, 0.2) is 0 Å². The van der Waals surface area contributed by atoms with Gasteiger partial charge in [-0.15, -0.1) is 0 Å². The number of nitrogens with two attached hydrogens (primary N) is 2. The van der Waals surface area contributed by atoms with E-state index in [9.17, 15) is 14.7 Å². The second kappa shape index (κ2) is 3.93. The monoisotopic (exact) mass is 202 g/mol. The first kappa shape index (κ1) is 10.9. The molecular formula is C8H14N2O4. The van der Waals surface area contributed by atoms with Crippen LogP contribution >= 0.6 is 0 Å². The smallest absolute Gasteiger partial charge is 0.327 e. The molecule has 1 saturated carbocycles. The van der Waals surface area contributed by atoms with Crippen LogP contribution in [0, 0.1) is 5.92 Å².